The molecular weight excluding hydrogens is 571 g/mol. The van der Waals surface area contributed by atoms with Crippen LogP contribution in [0.1, 0.15) is 27.8 Å². The molecule has 0 radical (unpaired) electrons. The van der Waals surface area contributed by atoms with Gasteiger partial charge in [-0.1, -0.05) is 41.5 Å². The number of halogens is 1. The molecule has 1 heterocycles. The molecule has 3 aromatic rings. The molecule has 4 rings (SSSR count). The summed E-state index contributed by atoms with van der Waals surface area (Å²) in [7, 11) is 1.53. The first-order valence-corrected chi connectivity index (χ1v) is 12.3. The van der Waals surface area contributed by atoms with E-state index in [0.29, 0.717) is 29.4 Å². The number of nitrogens with one attached hydrogen (secondary N) is 1. The number of anilines is 1. The van der Waals surface area contributed by atoms with Crippen LogP contribution in [0.4, 0.5) is 10.5 Å². The van der Waals surface area contributed by atoms with Crippen molar-refractivity contribution in [2.75, 3.05) is 12.0 Å². The number of amides is 4. The van der Waals surface area contributed by atoms with Crippen molar-refractivity contribution in [1.29, 1.82) is 0 Å². The highest BCUT2D eigenvalue weighted by molar-refractivity contribution is 14.1. The largest absolute Gasteiger partial charge is 0.493 e. The summed E-state index contributed by atoms with van der Waals surface area (Å²) in [4.78, 5) is 39.2. The Balaban J connectivity index is 1.64. The SMILES string of the molecule is COc1cc(/C=C2\C(=O)NC(=O)N(c3cccc(C)c3)C2=O)cc(I)c1OCc1cc(C)cc(C)c1. The number of ether oxygens (including phenoxy) is 2. The maximum absolute atomic E-state index is 13.2. The monoisotopic (exact) mass is 596 g/mol. The van der Waals surface area contributed by atoms with E-state index in [1.54, 1.807) is 30.3 Å². The number of benzene rings is 3. The fourth-order valence-electron chi connectivity index (χ4n) is 4.10. The van der Waals surface area contributed by atoms with Gasteiger partial charge in [0.2, 0.25) is 0 Å². The van der Waals surface area contributed by atoms with Gasteiger partial charge >= 0.3 is 6.03 Å². The molecule has 0 bridgehead atoms. The molecule has 184 valence electrons. The second-order valence-electron chi connectivity index (χ2n) is 8.62. The van der Waals surface area contributed by atoms with Gasteiger partial charge in [-0.3, -0.25) is 14.9 Å². The Morgan fingerprint density at radius 3 is 2.33 bits per heavy atom. The van der Waals surface area contributed by atoms with E-state index in [0.717, 1.165) is 30.7 Å². The van der Waals surface area contributed by atoms with Crippen molar-refractivity contribution >= 4 is 52.2 Å². The van der Waals surface area contributed by atoms with Crippen LogP contribution in [0.5, 0.6) is 11.5 Å². The van der Waals surface area contributed by atoms with Gasteiger partial charge in [-0.05, 0) is 90.4 Å². The van der Waals surface area contributed by atoms with E-state index >= 15 is 0 Å². The molecule has 1 aliphatic rings. The Morgan fingerprint density at radius 2 is 1.67 bits per heavy atom. The summed E-state index contributed by atoms with van der Waals surface area (Å²) in [6.07, 6.45) is 1.45. The van der Waals surface area contributed by atoms with Gasteiger partial charge in [0.15, 0.2) is 11.5 Å². The lowest BCUT2D eigenvalue weighted by Crippen LogP contribution is -2.54. The van der Waals surface area contributed by atoms with Crippen LogP contribution in [0.2, 0.25) is 0 Å². The van der Waals surface area contributed by atoms with E-state index in [4.69, 9.17) is 9.47 Å². The molecule has 1 N–H and O–H groups in total. The maximum atomic E-state index is 13.2. The van der Waals surface area contributed by atoms with Crippen molar-refractivity contribution in [2.45, 2.75) is 27.4 Å². The number of imide groups is 2. The lowest BCUT2D eigenvalue weighted by molar-refractivity contribution is -0.122. The van der Waals surface area contributed by atoms with Crippen LogP contribution >= 0.6 is 22.6 Å². The minimum absolute atomic E-state index is 0.155. The van der Waals surface area contributed by atoms with Crippen LogP contribution in [0.15, 0.2) is 60.2 Å². The number of aryl methyl sites for hydroxylation is 3. The smallest absolute Gasteiger partial charge is 0.335 e. The summed E-state index contributed by atoms with van der Waals surface area (Å²) in [6.45, 7) is 6.30. The number of rotatable bonds is 6. The lowest BCUT2D eigenvalue weighted by atomic mass is 10.1. The number of methoxy groups -OCH3 is 1. The van der Waals surface area contributed by atoms with Crippen molar-refractivity contribution in [2.24, 2.45) is 0 Å². The maximum Gasteiger partial charge on any atom is 0.335 e. The molecule has 36 heavy (non-hydrogen) atoms. The fourth-order valence-corrected chi connectivity index (χ4v) is 4.88. The van der Waals surface area contributed by atoms with Crippen molar-refractivity contribution in [3.63, 3.8) is 0 Å². The normalized spacial score (nSPS) is 14.8. The summed E-state index contributed by atoms with van der Waals surface area (Å²) >= 11 is 2.13. The summed E-state index contributed by atoms with van der Waals surface area (Å²) < 4.78 is 12.4. The van der Waals surface area contributed by atoms with Crippen molar-refractivity contribution in [3.8, 4) is 11.5 Å². The van der Waals surface area contributed by atoms with Gasteiger partial charge < -0.3 is 9.47 Å². The first kappa shape index (κ1) is 25.4. The summed E-state index contributed by atoms with van der Waals surface area (Å²) in [5, 5.41) is 2.25. The number of barbiturate groups is 1. The average molecular weight is 596 g/mol. The Labute approximate surface area is 223 Å². The Hall–Kier alpha value is -3.66. The predicted molar refractivity (Wildman–Crippen MR) is 146 cm³/mol. The van der Waals surface area contributed by atoms with Crippen molar-refractivity contribution in [1.82, 2.24) is 5.32 Å². The minimum atomic E-state index is -0.782. The molecule has 0 saturated carbocycles. The Bertz CT molecular complexity index is 1390. The number of urea groups is 1. The molecule has 3 aromatic carbocycles. The van der Waals surface area contributed by atoms with E-state index in [1.165, 1.54) is 13.2 Å². The first-order valence-electron chi connectivity index (χ1n) is 11.2. The van der Waals surface area contributed by atoms with Gasteiger partial charge in [-0.2, -0.15) is 0 Å². The standard InChI is InChI=1S/C28H25IN2O5/c1-16-6-5-7-21(11-16)31-27(33)22(26(32)30-28(31)34)12-19-13-23(29)25(24(14-19)35-4)36-15-20-9-17(2)8-18(3)10-20/h5-14H,15H2,1-4H3,(H,30,32,34)/b22-12+. The molecule has 0 atom stereocenters. The zero-order valence-electron chi connectivity index (χ0n) is 20.3. The highest BCUT2D eigenvalue weighted by Crippen LogP contribution is 2.35. The van der Waals surface area contributed by atoms with E-state index in [1.807, 2.05) is 26.8 Å². The number of hydrogen-bond acceptors (Lipinski definition) is 5. The van der Waals surface area contributed by atoms with E-state index in [9.17, 15) is 14.4 Å². The lowest BCUT2D eigenvalue weighted by Gasteiger charge is -2.26. The third kappa shape index (κ3) is 5.43. The highest BCUT2D eigenvalue weighted by Gasteiger charge is 2.36. The van der Waals surface area contributed by atoms with Crippen LogP contribution in [0.25, 0.3) is 6.08 Å². The fraction of sp³-hybridized carbons (Fsp3) is 0.179. The molecule has 8 heteroatoms. The Kier molecular flexibility index (Phi) is 7.44. The molecule has 0 spiro atoms. The first-order chi connectivity index (χ1) is 17.2. The van der Waals surface area contributed by atoms with Gasteiger partial charge in [0.25, 0.3) is 11.8 Å². The van der Waals surface area contributed by atoms with Gasteiger partial charge in [-0.25, -0.2) is 9.69 Å². The Morgan fingerprint density at radius 1 is 0.944 bits per heavy atom. The molecule has 0 aromatic heterocycles. The van der Waals surface area contributed by atoms with E-state index in [-0.39, 0.29) is 5.57 Å². The highest BCUT2D eigenvalue weighted by atomic mass is 127. The second kappa shape index (κ2) is 10.5. The van der Waals surface area contributed by atoms with E-state index in [2.05, 4.69) is 46.1 Å². The second-order valence-corrected chi connectivity index (χ2v) is 9.78. The predicted octanol–water partition coefficient (Wildman–Crippen LogP) is 5.47. The summed E-state index contributed by atoms with van der Waals surface area (Å²) in [6, 6.07) is 15.9. The molecule has 0 unspecified atom stereocenters. The van der Waals surface area contributed by atoms with Crippen LogP contribution < -0.4 is 19.7 Å². The van der Waals surface area contributed by atoms with Gasteiger partial charge in [-0.15, -0.1) is 0 Å². The summed E-state index contributed by atoms with van der Waals surface area (Å²) in [5.41, 5.74) is 5.04. The topological polar surface area (TPSA) is 84.9 Å². The van der Waals surface area contributed by atoms with Crippen LogP contribution in [0.3, 0.4) is 0 Å². The number of hydrogen-bond donors (Lipinski definition) is 1. The molecule has 0 aliphatic carbocycles. The van der Waals surface area contributed by atoms with Crippen LogP contribution in [-0.2, 0) is 16.2 Å². The molecule has 1 aliphatic heterocycles. The third-order valence-electron chi connectivity index (χ3n) is 5.59. The number of nitrogens with zero attached hydrogens (tertiary/aromatic N) is 1. The minimum Gasteiger partial charge on any atom is -0.493 e. The quantitative estimate of drug-likeness (QED) is 0.232. The third-order valence-corrected chi connectivity index (χ3v) is 6.39. The molecule has 1 saturated heterocycles. The average Bonchev–Trinajstić information content (AvgIpc) is 2.80. The van der Waals surface area contributed by atoms with Crippen molar-refractivity contribution < 1.29 is 23.9 Å². The number of carbonyl (C=O) groups excluding carboxylic acids is 3. The zero-order chi connectivity index (χ0) is 26.0. The molecule has 7 nitrogen and oxygen atoms in total. The van der Waals surface area contributed by atoms with Crippen molar-refractivity contribution in [3.05, 3.63) is 91.6 Å². The molecule has 4 amide bonds. The summed E-state index contributed by atoms with van der Waals surface area (Å²) in [5.74, 6) is -0.416. The van der Waals surface area contributed by atoms with Crippen LogP contribution in [-0.4, -0.2) is 25.0 Å². The van der Waals surface area contributed by atoms with Gasteiger partial charge in [0.1, 0.15) is 12.2 Å². The van der Waals surface area contributed by atoms with Gasteiger partial charge in [0.05, 0.1) is 16.4 Å². The van der Waals surface area contributed by atoms with E-state index < -0.39 is 17.8 Å². The molecular formula is C28H25IN2O5. The molecule has 1 fully saturated rings. The van der Waals surface area contributed by atoms with Crippen LogP contribution in [0, 0.1) is 24.3 Å². The zero-order valence-corrected chi connectivity index (χ0v) is 22.5. The van der Waals surface area contributed by atoms with Gasteiger partial charge in [0, 0.05) is 0 Å². The number of carbonyl (C=O) groups is 3.